The van der Waals surface area contributed by atoms with Gasteiger partial charge in [0, 0.05) is 18.7 Å². The fourth-order valence-corrected chi connectivity index (χ4v) is 4.00. The molecule has 7 heteroatoms. The summed E-state index contributed by atoms with van der Waals surface area (Å²) < 4.78 is 13.6. The van der Waals surface area contributed by atoms with Gasteiger partial charge in [-0.1, -0.05) is 59.9 Å². The van der Waals surface area contributed by atoms with Gasteiger partial charge in [-0.3, -0.25) is 14.5 Å². The van der Waals surface area contributed by atoms with Crippen LogP contribution in [-0.2, 0) is 9.59 Å². The Labute approximate surface area is 172 Å². The summed E-state index contributed by atoms with van der Waals surface area (Å²) in [4.78, 5) is 26.7. The molecule has 2 amide bonds. The van der Waals surface area contributed by atoms with Crippen molar-refractivity contribution in [2.75, 3.05) is 11.9 Å². The molecule has 1 aliphatic heterocycles. The zero-order valence-corrected chi connectivity index (χ0v) is 16.9. The topological polar surface area (TPSA) is 49.4 Å². The minimum absolute atomic E-state index is 0.138. The van der Waals surface area contributed by atoms with E-state index in [2.05, 4.69) is 5.32 Å². The van der Waals surface area contributed by atoms with Gasteiger partial charge in [-0.05, 0) is 43.2 Å². The highest BCUT2D eigenvalue weighted by molar-refractivity contribution is 8.26. The molecular weight excluding hydrogens is 395 g/mol. The van der Waals surface area contributed by atoms with Gasteiger partial charge in [-0.25, -0.2) is 4.39 Å². The number of rotatable bonds is 6. The van der Waals surface area contributed by atoms with E-state index in [1.807, 2.05) is 37.3 Å². The van der Waals surface area contributed by atoms with Gasteiger partial charge in [0.05, 0.1) is 4.91 Å². The van der Waals surface area contributed by atoms with Crippen LogP contribution in [0.4, 0.5) is 10.1 Å². The van der Waals surface area contributed by atoms with Crippen molar-refractivity contribution in [3.05, 3.63) is 70.4 Å². The van der Waals surface area contributed by atoms with Crippen molar-refractivity contribution in [1.82, 2.24) is 4.90 Å². The van der Waals surface area contributed by atoms with Crippen molar-refractivity contribution in [2.45, 2.75) is 19.8 Å². The fourth-order valence-electron chi connectivity index (χ4n) is 2.69. The number of thiocarbonyl (C=S) groups is 1. The lowest BCUT2D eigenvalue weighted by Gasteiger charge is -2.14. The lowest BCUT2D eigenvalue weighted by atomic mass is 10.1. The van der Waals surface area contributed by atoms with Crippen LogP contribution in [0.25, 0.3) is 6.08 Å². The van der Waals surface area contributed by atoms with Crippen molar-refractivity contribution in [2.24, 2.45) is 0 Å². The van der Waals surface area contributed by atoms with Gasteiger partial charge in [0.2, 0.25) is 5.91 Å². The first-order chi connectivity index (χ1) is 13.4. The van der Waals surface area contributed by atoms with Crippen molar-refractivity contribution >= 4 is 51.9 Å². The number of amides is 2. The number of aryl methyl sites for hydroxylation is 1. The van der Waals surface area contributed by atoms with Crippen LogP contribution < -0.4 is 5.32 Å². The van der Waals surface area contributed by atoms with Crippen molar-refractivity contribution < 1.29 is 14.0 Å². The predicted molar refractivity (Wildman–Crippen MR) is 115 cm³/mol. The van der Waals surface area contributed by atoms with Crippen molar-refractivity contribution in [1.29, 1.82) is 0 Å². The van der Waals surface area contributed by atoms with Gasteiger partial charge in [-0.2, -0.15) is 0 Å². The normalized spacial score (nSPS) is 15.4. The third kappa shape index (κ3) is 5.27. The Hall–Kier alpha value is -2.51. The van der Waals surface area contributed by atoms with Gasteiger partial charge in [-0.15, -0.1) is 0 Å². The number of benzene rings is 2. The Morgan fingerprint density at radius 3 is 2.71 bits per heavy atom. The number of thioether (sulfide) groups is 1. The van der Waals surface area contributed by atoms with E-state index < -0.39 is 5.82 Å². The number of nitrogens with zero attached hydrogens (tertiary/aromatic N) is 1. The summed E-state index contributed by atoms with van der Waals surface area (Å²) >= 11 is 6.59. The molecule has 1 saturated heterocycles. The highest BCUT2D eigenvalue weighted by Crippen LogP contribution is 2.32. The van der Waals surface area contributed by atoms with Crippen LogP contribution >= 0.6 is 24.0 Å². The number of nitrogens with one attached hydrogen (secondary N) is 1. The molecule has 1 aliphatic rings. The van der Waals surface area contributed by atoms with Gasteiger partial charge >= 0.3 is 0 Å². The van der Waals surface area contributed by atoms with Crippen LogP contribution in [0, 0.1) is 12.7 Å². The zero-order valence-electron chi connectivity index (χ0n) is 15.3. The van der Waals surface area contributed by atoms with Crippen LogP contribution in [0.1, 0.15) is 24.0 Å². The summed E-state index contributed by atoms with van der Waals surface area (Å²) in [6.45, 7) is 2.38. The molecule has 3 rings (SSSR count). The second-order valence-electron chi connectivity index (χ2n) is 6.41. The summed E-state index contributed by atoms with van der Waals surface area (Å²) in [6.07, 6.45) is 2.51. The summed E-state index contributed by atoms with van der Waals surface area (Å²) in [6, 6.07) is 13.6. The molecule has 0 bridgehead atoms. The average Bonchev–Trinajstić information content (AvgIpc) is 2.91. The molecule has 2 aromatic carbocycles. The third-order valence-electron chi connectivity index (χ3n) is 4.14. The molecule has 28 heavy (non-hydrogen) atoms. The van der Waals surface area contributed by atoms with E-state index >= 15 is 0 Å². The quantitative estimate of drug-likeness (QED) is 0.547. The number of anilines is 1. The molecule has 0 unspecified atom stereocenters. The molecule has 0 atom stereocenters. The third-order valence-corrected chi connectivity index (χ3v) is 5.52. The molecule has 0 aromatic heterocycles. The molecule has 144 valence electrons. The molecule has 0 saturated carbocycles. The standard InChI is InChI=1S/C21H19FN2O2S2/c1-14-7-9-15(10-8-14)12-18-20(26)24(21(27)28-18)11-3-6-19(25)23-17-5-2-4-16(22)13-17/h2,4-5,7-10,12-13H,3,6,11H2,1H3,(H,23,25)/b18-12+. The SMILES string of the molecule is Cc1ccc(/C=C2/SC(=S)N(CCCC(=O)Nc3cccc(F)c3)C2=O)cc1. The maximum Gasteiger partial charge on any atom is 0.266 e. The summed E-state index contributed by atoms with van der Waals surface area (Å²) in [5.74, 6) is -0.775. The highest BCUT2D eigenvalue weighted by Gasteiger charge is 2.31. The van der Waals surface area contributed by atoms with Crippen molar-refractivity contribution in [3.8, 4) is 0 Å². The maximum absolute atomic E-state index is 13.2. The second-order valence-corrected chi connectivity index (χ2v) is 8.08. The molecule has 1 fully saturated rings. The molecular formula is C21H19FN2O2S2. The van der Waals surface area contributed by atoms with Crippen LogP contribution in [0.15, 0.2) is 53.4 Å². The summed E-state index contributed by atoms with van der Waals surface area (Å²) in [7, 11) is 0. The molecule has 0 radical (unpaired) electrons. The van der Waals surface area contributed by atoms with Crippen LogP contribution in [0.2, 0.25) is 0 Å². The van der Waals surface area contributed by atoms with Crippen LogP contribution in [-0.4, -0.2) is 27.6 Å². The first-order valence-corrected chi connectivity index (χ1v) is 10.0. The summed E-state index contributed by atoms with van der Waals surface area (Å²) in [5.41, 5.74) is 2.51. The van der Waals surface area contributed by atoms with E-state index in [9.17, 15) is 14.0 Å². The lowest BCUT2D eigenvalue weighted by molar-refractivity contribution is -0.122. The Kier molecular flexibility index (Phi) is 6.59. The number of halogens is 1. The predicted octanol–water partition coefficient (Wildman–Crippen LogP) is 4.75. The molecule has 0 aliphatic carbocycles. The Morgan fingerprint density at radius 1 is 1.25 bits per heavy atom. The largest absolute Gasteiger partial charge is 0.326 e. The number of carbonyl (C=O) groups is 2. The summed E-state index contributed by atoms with van der Waals surface area (Å²) in [5, 5.41) is 2.64. The molecule has 0 spiro atoms. The number of hydrogen-bond acceptors (Lipinski definition) is 4. The number of carbonyl (C=O) groups excluding carboxylic acids is 2. The molecule has 2 aromatic rings. The molecule has 1 heterocycles. The molecule has 1 N–H and O–H groups in total. The van der Waals surface area contributed by atoms with E-state index in [0.717, 1.165) is 11.1 Å². The number of hydrogen-bond donors (Lipinski definition) is 1. The fraction of sp³-hybridized carbons (Fsp3) is 0.190. The van der Waals surface area contributed by atoms with Crippen LogP contribution in [0.3, 0.4) is 0 Å². The van der Waals surface area contributed by atoms with E-state index in [1.54, 1.807) is 6.07 Å². The molecule has 4 nitrogen and oxygen atoms in total. The van der Waals surface area contributed by atoms with Gasteiger partial charge in [0.15, 0.2) is 0 Å². The Balaban J connectivity index is 1.53. The van der Waals surface area contributed by atoms with Gasteiger partial charge in [0.25, 0.3) is 5.91 Å². The maximum atomic E-state index is 13.2. The van der Waals surface area contributed by atoms with Crippen molar-refractivity contribution in [3.63, 3.8) is 0 Å². The zero-order chi connectivity index (χ0) is 20.1. The monoisotopic (exact) mass is 414 g/mol. The van der Waals surface area contributed by atoms with Gasteiger partial charge in [0.1, 0.15) is 10.1 Å². The van der Waals surface area contributed by atoms with E-state index in [4.69, 9.17) is 12.2 Å². The van der Waals surface area contributed by atoms with Gasteiger partial charge < -0.3 is 5.32 Å². The second kappa shape index (κ2) is 9.12. The Morgan fingerprint density at radius 2 is 2.00 bits per heavy atom. The van der Waals surface area contributed by atoms with E-state index in [-0.39, 0.29) is 18.2 Å². The van der Waals surface area contributed by atoms with E-state index in [1.165, 1.54) is 34.9 Å². The van der Waals surface area contributed by atoms with E-state index in [0.29, 0.717) is 27.9 Å². The Bertz CT molecular complexity index is 942. The highest BCUT2D eigenvalue weighted by atomic mass is 32.2. The minimum atomic E-state index is -0.407. The smallest absolute Gasteiger partial charge is 0.266 e. The first-order valence-electron chi connectivity index (χ1n) is 8.80. The first kappa shape index (κ1) is 20.2. The van der Waals surface area contributed by atoms with Crippen LogP contribution in [0.5, 0.6) is 0 Å². The minimum Gasteiger partial charge on any atom is -0.326 e. The lowest BCUT2D eigenvalue weighted by Crippen LogP contribution is -2.29. The average molecular weight is 415 g/mol.